The van der Waals surface area contributed by atoms with E-state index in [0.29, 0.717) is 5.76 Å². The van der Waals surface area contributed by atoms with Crippen LogP contribution in [0.2, 0.25) is 0 Å². The Kier molecular flexibility index (Phi) is 5.29. The number of carbonyl (C=O) groups excluding carboxylic acids is 3. The van der Waals surface area contributed by atoms with Gasteiger partial charge in [0.2, 0.25) is 11.7 Å². The van der Waals surface area contributed by atoms with Crippen LogP contribution in [0.5, 0.6) is 0 Å². The fraction of sp³-hybridized carbons (Fsp3) is 0.462. The summed E-state index contributed by atoms with van der Waals surface area (Å²) in [5, 5.41) is 4.96. The van der Waals surface area contributed by atoms with Crippen molar-refractivity contribution < 1.29 is 18.8 Å². The fourth-order valence-corrected chi connectivity index (χ4v) is 1.34. The molecule has 0 aliphatic heterocycles. The number of hydrogen-bond donors (Lipinski definition) is 2. The maximum Gasteiger partial charge on any atom is 0.288 e. The standard InChI is InChI=1S/C13H18N2O4/c1-8(2)11(16)13(18)15-9(3)12(17)14-7-10-5-4-6-19-10/h4-6,8-9H,7H2,1-3H3,(H,14,17)(H,15,18)/t9-/m0/s1. The highest BCUT2D eigenvalue weighted by Gasteiger charge is 2.22. The lowest BCUT2D eigenvalue weighted by molar-refractivity contribution is -0.141. The van der Waals surface area contributed by atoms with Gasteiger partial charge in [-0.25, -0.2) is 0 Å². The van der Waals surface area contributed by atoms with Crippen LogP contribution < -0.4 is 10.6 Å². The molecule has 0 aliphatic rings. The van der Waals surface area contributed by atoms with Crippen LogP contribution in [0.15, 0.2) is 22.8 Å². The summed E-state index contributed by atoms with van der Waals surface area (Å²) in [6.07, 6.45) is 1.51. The highest BCUT2D eigenvalue weighted by atomic mass is 16.3. The molecule has 1 heterocycles. The average Bonchev–Trinajstić information content (AvgIpc) is 2.87. The molecule has 0 radical (unpaired) electrons. The zero-order chi connectivity index (χ0) is 14.4. The Morgan fingerprint density at radius 1 is 1.26 bits per heavy atom. The summed E-state index contributed by atoms with van der Waals surface area (Å²) in [6.45, 7) is 5.01. The summed E-state index contributed by atoms with van der Waals surface area (Å²) >= 11 is 0. The third kappa shape index (κ3) is 4.57. The summed E-state index contributed by atoms with van der Waals surface area (Å²) in [5.74, 6) is -1.42. The van der Waals surface area contributed by atoms with E-state index in [1.165, 1.54) is 13.2 Å². The first kappa shape index (κ1) is 14.9. The van der Waals surface area contributed by atoms with E-state index in [0.717, 1.165) is 0 Å². The summed E-state index contributed by atoms with van der Waals surface area (Å²) in [6, 6.07) is 2.67. The van der Waals surface area contributed by atoms with Gasteiger partial charge >= 0.3 is 0 Å². The number of amides is 2. The topological polar surface area (TPSA) is 88.4 Å². The molecule has 1 rings (SSSR count). The van der Waals surface area contributed by atoms with Crippen molar-refractivity contribution in [2.75, 3.05) is 0 Å². The predicted octanol–water partition coefficient (Wildman–Crippen LogP) is 0.626. The van der Waals surface area contributed by atoms with Crippen molar-refractivity contribution in [3.05, 3.63) is 24.2 Å². The molecular weight excluding hydrogens is 248 g/mol. The number of Topliss-reactive ketones (excluding diaryl/α,β-unsaturated/α-hetero) is 1. The summed E-state index contributed by atoms with van der Waals surface area (Å²) in [5.41, 5.74) is 0. The summed E-state index contributed by atoms with van der Waals surface area (Å²) in [4.78, 5) is 34.5. The number of furan rings is 1. The van der Waals surface area contributed by atoms with Crippen molar-refractivity contribution in [3.8, 4) is 0 Å². The highest BCUT2D eigenvalue weighted by molar-refractivity contribution is 6.37. The van der Waals surface area contributed by atoms with Crippen LogP contribution in [0, 0.1) is 5.92 Å². The van der Waals surface area contributed by atoms with Gasteiger partial charge in [-0.05, 0) is 19.1 Å². The molecule has 6 nitrogen and oxygen atoms in total. The Labute approximate surface area is 111 Å². The van der Waals surface area contributed by atoms with Crippen LogP contribution in [0.4, 0.5) is 0 Å². The van der Waals surface area contributed by atoms with E-state index >= 15 is 0 Å². The molecule has 6 heteroatoms. The summed E-state index contributed by atoms with van der Waals surface area (Å²) in [7, 11) is 0. The molecule has 0 saturated carbocycles. The van der Waals surface area contributed by atoms with Gasteiger partial charge in [-0.15, -0.1) is 0 Å². The van der Waals surface area contributed by atoms with E-state index in [2.05, 4.69) is 10.6 Å². The number of ketones is 1. The van der Waals surface area contributed by atoms with Crippen LogP contribution in [0.3, 0.4) is 0 Å². The quantitative estimate of drug-likeness (QED) is 0.739. The molecular formula is C13H18N2O4. The Morgan fingerprint density at radius 2 is 1.95 bits per heavy atom. The zero-order valence-electron chi connectivity index (χ0n) is 11.2. The van der Waals surface area contributed by atoms with Crippen LogP contribution >= 0.6 is 0 Å². The van der Waals surface area contributed by atoms with Gasteiger partial charge < -0.3 is 15.1 Å². The van der Waals surface area contributed by atoms with Crippen molar-refractivity contribution in [2.45, 2.75) is 33.4 Å². The Balaban J connectivity index is 2.40. The third-order valence-corrected chi connectivity index (χ3v) is 2.51. The van der Waals surface area contributed by atoms with Crippen molar-refractivity contribution in [1.29, 1.82) is 0 Å². The number of rotatable bonds is 6. The Bertz CT molecular complexity index is 451. The average molecular weight is 266 g/mol. The molecule has 104 valence electrons. The molecule has 0 fully saturated rings. The molecule has 2 amide bonds. The van der Waals surface area contributed by atoms with Gasteiger partial charge in [0.05, 0.1) is 12.8 Å². The predicted molar refractivity (Wildman–Crippen MR) is 68.0 cm³/mol. The van der Waals surface area contributed by atoms with Crippen molar-refractivity contribution in [3.63, 3.8) is 0 Å². The smallest absolute Gasteiger partial charge is 0.288 e. The normalized spacial score (nSPS) is 12.0. The molecule has 0 spiro atoms. The second-order valence-electron chi connectivity index (χ2n) is 4.51. The van der Waals surface area contributed by atoms with E-state index in [4.69, 9.17) is 4.42 Å². The van der Waals surface area contributed by atoms with Gasteiger partial charge in [0.15, 0.2) is 0 Å². The van der Waals surface area contributed by atoms with Gasteiger partial charge in [-0.1, -0.05) is 13.8 Å². The van der Waals surface area contributed by atoms with E-state index in [-0.39, 0.29) is 12.5 Å². The second-order valence-corrected chi connectivity index (χ2v) is 4.51. The third-order valence-electron chi connectivity index (χ3n) is 2.51. The minimum absolute atomic E-state index is 0.240. The van der Waals surface area contributed by atoms with Crippen molar-refractivity contribution in [2.24, 2.45) is 5.92 Å². The second kappa shape index (κ2) is 6.72. The molecule has 1 atom stereocenters. The lowest BCUT2D eigenvalue weighted by atomic mass is 10.1. The molecule has 0 aliphatic carbocycles. The van der Waals surface area contributed by atoms with E-state index in [1.807, 2.05) is 0 Å². The first-order valence-electron chi connectivity index (χ1n) is 6.06. The monoisotopic (exact) mass is 266 g/mol. The molecule has 0 bridgehead atoms. The molecule has 2 N–H and O–H groups in total. The van der Waals surface area contributed by atoms with Crippen LogP contribution in [-0.4, -0.2) is 23.6 Å². The Hall–Kier alpha value is -2.11. The molecule has 0 aromatic carbocycles. The van der Waals surface area contributed by atoms with Crippen LogP contribution in [0.25, 0.3) is 0 Å². The highest BCUT2D eigenvalue weighted by Crippen LogP contribution is 1.99. The lowest BCUT2D eigenvalue weighted by Gasteiger charge is -2.13. The lowest BCUT2D eigenvalue weighted by Crippen LogP contribution is -2.47. The minimum Gasteiger partial charge on any atom is -0.467 e. The van der Waals surface area contributed by atoms with E-state index in [9.17, 15) is 14.4 Å². The van der Waals surface area contributed by atoms with Gasteiger partial charge in [0, 0.05) is 5.92 Å². The van der Waals surface area contributed by atoms with E-state index < -0.39 is 23.7 Å². The van der Waals surface area contributed by atoms with Gasteiger partial charge in [-0.3, -0.25) is 14.4 Å². The molecule has 19 heavy (non-hydrogen) atoms. The zero-order valence-corrected chi connectivity index (χ0v) is 11.2. The summed E-state index contributed by atoms with van der Waals surface area (Å²) < 4.78 is 5.06. The number of hydrogen-bond acceptors (Lipinski definition) is 4. The van der Waals surface area contributed by atoms with Crippen molar-refractivity contribution >= 4 is 17.6 Å². The van der Waals surface area contributed by atoms with Gasteiger partial charge in [0.25, 0.3) is 5.91 Å². The SMILES string of the molecule is CC(C)C(=O)C(=O)N[C@@H](C)C(=O)NCc1ccco1. The molecule has 1 aromatic heterocycles. The molecule has 0 unspecified atom stereocenters. The molecule has 0 saturated heterocycles. The number of carbonyl (C=O) groups is 3. The largest absolute Gasteiger partial charge is 0.467 e. The number of nitrogens with one attached hydrogen (secondary N) is 2. The maximum atomic E-state index is 11.7. The molecule has 1 aromatic rings. The van der Waals surface area contributed by atoms with Crippen LogP contribution in [-0.2, 0) is 20.9 Å². The van der Waals surface area contributed by atoms with Crippen molar-refractivity contribution in [1.82, 2.24) is 10.6 Å². The van der Waals surface area contributed by atoms with Gasteiger partial charge in [0.1, 0.15) is 11.8 Å². The van der Waals surface area contributed by atoms with E-state index in [1.54, 1.807) is 26.0 Å². The van der Waals surface area contributed by atoms with Crippen LogP contribution in [0.1, 0.15) is 26.5 Å². The maximum absolute atomic E-state index is 11.7. The Morgan fingerprint density at radius 3 is 2.47 bits per heavy atom. The van der Waals surface area contributed by atoms with Gasteiger partial charge in [-0.2, -0.15) is 0 Å². The minimum atomic E-state index is -0.773. The first-order valence-corrected chi connectivity index (χ1v) is 6.06. The first-order chi connectivity index (χ1) is 8.91. The fourth-order valence-electron chi connectivity index (χ4n) is 1.34.